The zero-order chi connectivity index (χ0) is 15.5. The Balaban J connectivity index is 1.89. The Hall–Kier alpha value is -2.58. The molecular formula is C14H13N5O2S. The van der Waals surface area contributed by atoms with Crippen LogP contribution in [-0.2, 0) is 0 Å². The van der Waals surface area contributed by atoms with Gasteiger partial charge in [0.25, 0.3) is 5.69 Å². The fraction of sp³-hybridized carbons (Fsp3) is 0.143. The highest BCUT2D eigenvalue weighted by molar-refractivity contribution is 7.13. The molecule has 7 nitrogen and oxygen atoms in total. The summed E-state index contributed by atoms with van der Waals surface area (Å²) in [5, 5.41) is 13.5. The van der Waals surface area contributed by atoms with Crippen molar-refractivity contribution in [3.63, 3.8) is 0 Å². The standard InChI is InChI=1S/C14H13N5O2S/c15-5-11(9-1-3-10(4-2-9)19(20)21)13-7-22-14(18-13)12-6-16-8-17-12/h1-4,6-8,11H,5,15H2,(H,16,17). The van der Waals surface area contributed by atoms with Crippen molar-refractivity contribution in [3.05, 3.63) is 63.5 Å². The SMILES string of the molecule is NCC(c1ccc([N+](=O)[O-])cc1)c1csc(-c2cnc[nH]2)n1. The second-order valence-electron chi connectivity index (χ2n) is 4.68. The normalized spacial score (nSPS) is 12.2. The van der Waals surface area contributed by atoms with Crippen LogP contribution < -0.4 is 5.73 Å². The van der Waals surface area contributed by atoms with E-state index >= 15 is 0 Å². The molecule has 0 bridgehead atoms. The molecule has 22 heavy (non-hydrogen) atoms. The van der Waals surface area contributed by atoms with Gasteiger partial charge in [0, 0.05) is 30.0 Å². The van der Waals surface area contributed by atoms with Gasteiger partial charge in [-0.2, -0.15) is 0 Å². The van der Waals surface area contributed by atoms with Crippen LogP contribution in [0.25, 0.3) is 10.7 Å². The summed E-state index contributed by atoms with van der Waals surface area (Å²) in [7, 11) is 0. The minimum absolute atomic E-state index is 0.0657. The number of thiazole rings is 1. The molecule has 0 saturated carbocycles. The number of imidazole rings is 1. The molecule has 2 aromatic heterocycles. The van der Waals surface area contributed by atoms with E-state index in [0.29, 0.717) is 6.54 Å². The minimum atomic E-state index is -0.416. The first-order valence-corrected chi connectivity index (χ1v) is 7.45. The first-order chi connectivity index (χ1) is 10.7. The van der Waals surface area contributed by atoms with Crippen molar-refractivity contribution in [1.29, 1.82) is 0 Å². The first-order valence-electron chi connectivity index (χ1n) is 6.57. The maximum atomic E-state index is 10.7. The zero-order valence-electron chi connectivity index (χ0n) is 11.5. The monoisotopic (exact) mass is 315 g/mol. The van der Waals surface area contributed by atoms with Crippen molar-refractivity contribution in [3.8, 4) is 10.7 Å². The third-order valence-corrected chi connectivity index (χ3v) is 4.24. The maximum Gasteiger partial charge on any atom is 0.269 e. The summed E-state index contributed by atoms with van der Waals surface area (Å²) in [5.41, 5.74) is 8.56. The van der Waals surface area contributed by atoms with Crippen LogP contribution in [0.4, 0.5) is 5.69 Å². The van der Waals surface area contributed by atoms with Gasteiger partial charge in [0.2, 0.25) is 0 Å². The van der Waals surface area contributed by atoms with Crippen LogP contribution in [0.1, 0.15) is 17.2 Å². The Morgan fingerprint density at radius 1 is 1.36 bits per heavy atom. The number of nitrogens with two attached hydrogens (primary N) is 1. The Kier molecular flexibility index (Phi) is 3.94. The predicted molar refractivity (Wildman–Crippen MR) is 83.7 cm³/mol. The third kappa shape index (κ3) is 2.74. The lowest BCUT2D eigenvalue weighted by atomic mass is 9.96. The summed E-state index contributed by atoms with van der Waals surface area (Å²) in [5.74, 6) is -0.0891. The first kappa shape index (κ1) is 14.4. The van der Waals surface area contributed by atoms with Gasteiger partial charge in [-0.25, -0.2) is 9.97 Å². The molecule has 0 saturated heterocycles. The summed E-state index contributed by atoms with van der Waals surface area (Å²) in [6.45, 7) is 0.379. The van der Waals surface area contributed by atoms with Gasteiger partial charge >= 0.3 is 0 Å². The average Bonchev–Trinajstić information content (AvgIpc) is 3.19. The van der Waals surface area contributed by atoms with Crippen molar-refractivity contribution < 1.29 is 4.92 Å². The van der Waals surface area contributed by atoms with E-state index < -0.39 is 4.92 Å². The fourth-order valence-electron chi connectivity index (χ4n) is 2.20. The lowest BCUT2D eigenvalue weighted by molar-refractivity contribution is -0.384. The molecule has 8 heteroatoms. The van der Waals surface area contributed by atoms with Gasteiger partial charge in [-0.15, -0.1) is 11.3 Å². The molecular weight excluding hydrogens is 302 g/mol. The molecule has 0 fully saturated rings. The molecule has 3 N–H and O–H groups in total. The molecule has 112 valence electrons. The van der Waals surface area contributed by atoms with E-state index in [4.69, 9.17) is 5.73 Å². The summed E-state index contributed by atoms with van der Waals surface area (Å²) in [4.78, 5) is 21.9. The third-order valence-electron chi connectivity index (χ3n) is 3.35. The molecule has 2 heterocycles. The van der Waals surface area contributed by atoms with E-state index in [-0.39, 0.29) is 11.6 Å². The van der Waals surface area contributed by atoms with Crippen molar-refractivity contribution in [1.82, 2.24) is 15.0 Å². The average molecular weight is 315 g/mol. The number of benzene rings is 1. The van der Waals surface area contributed by atoms with Crippen molar-refractivity contribution in [2.45, 2.75) is 5.92 Å². The molecule has 3 aromatic rings. The molecule has 0 spiro atoms. The van der Waals surface area contributed by atoms with Crippen LogP contribution >= 0.6 is 11.3 Å². The van der Waals surface area contributed by atoms with E-state index in [1.165, 1.54) is 23.5 Å². The fourth-order valence-corrected chi connectivity index (χ4v) is 3.04. The van der Waals surface area contributed by atoms with Crippen LogP contribution in [0, 0.1) is 10.1 Å². The number of nitro benzene ring substituents is 1. The van der Waals surface area contributed by atoms with Gasteiger partial charge in [0.1, 0.15) is 5.01 Å². The van der Waals surface area contributed by atoms with Crippen LogP contribution in [0.2, 0.25) is 0 Å². The molecule has 0 aliphatic carbocycles. The van der Waals surface area contributed by atoms with Crippen LogP contribution in [0.15, 0.2) is 42.2 Å². The number of rotatable bonds is 5. The number of non-ortho nitro benzene ring substituents is 1. The second kappa shape index (κ2) is 6.04. The summed E-state index contributed by atoms with van der Waals surface area (Å²) in [6, 6.07) is 6.43. The number of aromatic nitrogens is 3. The minimum Gasteiger partial charge on any atom is -0.343 e. The number of aromatic amines is 1. The number of H-pyrrole nitrogens is 1. The van der Waals surface area contributed by atoms with Gasteiger partial charge in [-0.1, -0.05) is 12.1 Å². The molecule has 0 radical (unpaired) electrons. The molecule has 0 aliphatic rings. The van der Waals surface area contributed by atoms with Crippen molar-refractivity contribution >= 4 is 17.0 Å². The van der Waals surface area contributed by atoms with Gasteiger partial charge in [-0.3, -0.25) is 10.1 Å². The Bertz CT molecular complexity index is 767. The summed E-state index contributed by atoms with van der Waals surface area (Å²) in [6.07, 6.45) is 3.32. The van der Waals surface area contributed by atoms with Crippen molar-refractivity contribution in [2.24, 2.45) is 5.73 Å². The topological polar surface area (TPSA) is 111 Å². The predicted octanol–water partition coefficient (Wildman–Crippen LogP) is 2.53. The lowest BCUT2D eigenvalue weighted by Crippen LogP contribution is -2.14. The zero-order valence-corrected chi connectivity index (χ0v) is 12.3. The van der Waals surface area contributed by atoms with Gasteiger partial charge in [-0.05, 0) is 5.56 Å². The molecule has 0 aliphatic heterocycles. The molecule has 1 atom stereocenters. The Morgan fingerprint density at radius 2 is 2.14 bits per heavy atom. The molecule has 1 aromatic carbocycles. The van der Waals surface area contributed by atoms with Gasteiger partial charge in [0.15, 0.2) is 0 Å². The highest BCUT2D eigenvalue weighted by Crippen LogP contribution is 2.29. The van der Waals surface area contributed by atoms with E-state index in [2.05, 4.69) is 15.0 Å². The molecule has 3 rings (SSSR count). The van der Waals surface area contributed by atoms with E-state index in [1.807, 2.05) is 5.38 Å². The number of nitrogens with zero attached hydrogens (tertiary/aromatic N) is 3. The number of hydrogen-bond donors (Lipinski definition) is 2. The molecule has 0 amide bonds. The quantitative estimate of drug-likeness (QED) is 0.555. The van der Waals surface area contributed by atoms with Crippen molar-refractivity contribution in [2.75, 3.05) is 6.54 Å². The molecule has 1 unspecified atom stereocenters. The second-order valence-corrected chi connectivity index (χ2v) is 5.54. The van der Waals surface area contributed by atoms with Crippen LogP contribution in [0.5, 0.6) is 0 Å². The van der Waals surface area contributed by atoms with E-state index in [9.17, 15) is 10.1 Å². The maximum absolute atomic E-state index is 10.7. The van der Waals surface area contributed by atoms with Gasteiger partial charge in [0.05, 0.1) is 28.8 Å². The highest BCUT2D eigenvalue weighted by Gasteiger charge is 2.18. The number of nitrogens with one attached hydrogen (secondary N) is 1. The van der Waals surface area contributed by atoms with Crippen LogP contribution in [-0.4, -0.2) is 26.4 Å². The summed E-state index contributed by atoms with van der Waals surface area (Å²) >= 11 is 1.51. The van der Waals surface area contributed by atoms with Crippen LogP contribution in [0.3, 0.4) is 0 Å². The van der Waals surface area contributed by atoms with E-state index in [1.54, 1.807) is 24.7 Å². The smallest absolute Gasteiger partial charge is 0.269 e. The van der Waals surface area contributed by atoms with E-state index in [0.717, 1.165) is 22.0 Å². The van der Waals surface area contributed by atoms with Gasteiger partial charge < -0.3 is 10.7 Å². The Labute approximate surface area is 130 Å². The lowest BCUT2D eigenvalue weighted by Gasteiger charge is -2.12. The number of hydrogen-bond acceptors (Lipinski definition) is 6. The summed E-state index contributed by atoms with van der Waals surface area (Å²) < 4.78 is 0. The largest absolute Gasteiger partial charge is 0.343 e. The Morgan fingerprint density at radius 3 is 2.73 bits per heavy atom. The highest BCUT2D eigenvalue weighted by atomic mass is 32.1. The number of nitro groups is 1.